The number of fused-ring (bicyclic) bond motifs is 1. The highest BCUT2D eigenvalue weighted by molar-refractivity contribution is 7.98. The number of hydrogen-bond acceptors (Lipinski definition) is 5. The number of nitrogens with zero attached hydrogens (tertiary/aromatic N) is 2. The van der Waals surface area contributed by atoms with Gasteiger partial charge in [0, 0.05) is 17.5 Å². The molecule has 0 spiro atoms. The van der Waals surface area contributed by atoms with Gasteiger partial charge in [0.25, 0.3) is 0 Å². The molecule has 1 aromatic heterocycles. The molecule has 0 atom stereocenters. The van der Waals surface area contributed by atoms with Gasteiger partial charge in [-0.2, -0.15) is 5.26 Å². The zero-order valence-electron chi connectivity index (χ0n) is 13.5. The Labute approximate surface area is 145 Å². The van der Waals surface area contributed by atoms with Gasteiger partial charge in [0.2, 0.25) is 0 Å². The van der Waals surface area contributed by atoms with Gasteiger partial charge in [-0.3, -0.25) is 0 Å². The van der Waals surface area contributed by atoms with Gasteiger partial charge in [-0.1, -0.05) is 36.4 Å². The number of rotatable bonds is 5. The van der Waals surface area contributed by atoms with Gasteiger partial charge in [0.15, 0.2) is 0 Å². The summed E-state index contributed by atoms with van der Waals surface area (Å²) in [5.74, 6) is 0.826. The van der Waals surface area contributed by atoms with E-state index in [0.717, 1.165) is 32.9 Å². The molecule has 0 aliphatic carbocycles. The quantitative estimate of drug-likeness (QED) is 0.698. The van der Waals surface area contributed by atoms with Gasteiger partial charge < -0.3 is 10.1 Å². The van der Waals surface area contributed by atoms with E-state index >= 15 is 0 Å². The standard InChI is InChI=1S/C19H17N3OS/c1-23-17-10-6-3-7-13(17)12-21-18-14-8-4-5-9-16(14)22-19(24-2)15(18)11-20/h3-10H,12H2,1-2H3,(H,21,22). The average molecular weight is 335 g/mol. The molecule has 4 nitrogen and oxygen atoms in total. The summed E-state index contributed by atoms with van der Waals surface area (Å²) < 4.78 is 5.40. The summed E-state index contributed by atoms with van der Waals surface area (Å²) in [6, 6.07) is 18.0. The highest BCUT2D eigenvalue weighted by Gasteiger charge is 2.14. The maximum absolute atomic E-state index is 9.62. The summed E-state index contributed by atoms with van der Waals surface area (Å²) in [5, 5.41) is 14.7. The number of benzene rings is 2. The first-order chi connectivity index (χ1) is 11.8. The van der Waals surface area contributed by atoms with Crippen molar-refractivity contribution in [2.45, 2.75) is 11.6 Å². The Hall–Kier alpha value is -2.71. The third-order valence-corrected chi connectivity index (χ3v) is 4.49. The van der Waals surface area contributed by atoms with E-state index in [2.05, 4.69) is 16.4 Å². The van der Waals surface area contributed by atoms with Crippen LogP contribution in [0.3, 0.4) is 0 Å². The predicted octanol–water partition coefficient (Wildman–Crippen LogP) is 4.45. The van der Waals surface area contributed by atoms with Gasteiger partial charge in [-0.05, 0) is 18.4 Å². The average Bonchev–Trinajstić information content (AvgIpc) is 2.65. The number of thioether (sulfide) groups is 1. The summed E-state index contributed by atoms with van der Waals surface area (Å²) in [4.78, 5) is 4.59. The molecule has 0 amide bonds. The number of nitriles is 1. The maximum atomic E-state index is 9.62. The van der Waals surface area contributed by atoms with Crippen LogP contribution in [0.15, 0.2) is 53.6 Å². The Morgan fingerprint density at radius 2 is 1.92 bits per heavy atom. The van der Waals surface area contributed by atoms with Crippen LogP contribution in [0.4, 0.5) is 5.69 Å². The summed E-state index contributed by atoms with van der Waals surface area (Å²) in [6.45, 7) is 0.570. The van der Waals surface area contributed by atoms with Gasteiger partial charge in [-0.25, -0.2) is 4.98 Å². The van der Waals surface area contributed by atoms with Crippen molar-refractivity contribution in [1.29, 1.82) is 5.26 Å². The van der Waals surface area contributed by atoms with Gasteiger partial charge in [-0.15, -0.1) is 11.8 Å². The van der Waals surface area contributed by atoms with E-state index in [1.165, 1.54) is 11.8 Å². The molecule has 1 N–H and O–H groups in total. The maximum Gasteiger partial charge on any atom is 0.123 e. The summed E-state index contributed by atoms with van der Waals surface area (Å²) in [7, 11) is 1.66. The molecule has 0 saturated heterocycles. The molecule has 0 aliphatic heterocycles. The molecule has 0 radical (unpaired) electrons. The Balaban J connectivity index is 2.06. The fourth-order valence-corrected chi connectivity index (χ4v) is 3.20. The van der Waals surface area contributed by atoms with E-state index in [-0.39, 0.29) is 0 Å². The summed E-state index contributed by atoms with van der Waals surface area (Å²) in [5.41, 5.74) is 3.31. The Bertz CT molecular complexity index is 918. The lowest BCUT2D eigenvalue weighted by atomic mass is 10.1. The summed E-state index contributed by atoms with van der Waals surface area (Å²) in [6.07, 6.45) is 1.93. The molecule has 24 heavy (non-hydrogen) atoms. The first-order valence-corrected chi connectivity index (χ1v) is 8.73. The fourth-order valence-electron chi connectivity index (χ4n) is 2.66. The topological polar surface area (TPSA) is 57.9 Å². The molecule has 0 bridgehead atoms. The lowest BCUT2D eigenvalue weighted by Gasteiger charge is -2.15. The SMILES string of the molecule is COc1ccccc1CNc1c(C#N)c(SC)nc2ccccc12. The van der Waals surface area contributed by atoms with Crippen LogP contribution >= 0.6 is 11.8 Å². The van der Waals surface area contributed by atoms with E-state index in [1.807, 2.05) is 54.8 Å². The van der Waals surface area contributed by atoms with Gasteiger partial charge in [0.1, 0.15) is 22.4 Å². The number of anilines is 1. The highest BCUT2D eigenvalue weighted by Crippen LogP contribution is 2.32. The second-order valence-electron chi connectivity index (χ2n) is 5.17. The number of aromatic nitrogens is 1. The van der Waals surface area contributed by atoms with Crippen molar-refractivity contribution in [3.63, 3.8) is 0 Å². The summed E-state index contributed by atoms with van der Waals surface area (Å²) >= 11 is 1.48. The van der Waals surface area contributed by atoms with Crippen LogP contribution in [0, 0.1) is 11.3 Å². The minimum atomic E-state index is 0.570. The number of hydrogen-bond donors (Lipinski definition) is 1. The van der Waals surface area contributed by atoms with Crippen molar-refractivity contribution in [3.8, 4) is 11.8 Å². The number of ether oxygens (including phenoxy) is 1. The molecule has 3 aromatic rings. The molecule has 0 fully saturated rings. The first kappa shape index (κ1) is 16.2. The van der Waals surface area contributed by atoms with Crippen LogP contribution < -0.4 is 10.1 Å². The van der Waals surface area contributed by atoms with Crippen LogP contribution in [-0.2, 0) is 6.54 Å². The Morgan fingerprint density at radius 1 is 1.17 bits per heavy atom. The van der Waals surface area contributed by atoms with Crippen LogP contribution in [0.2, 0.25) is 0 Å². The van der Waals surface area contributed by atoms with Crippen molar-refractivity contribution in [3.05, 3.63) is 59.7 Å². The highest BCUT2D eigenvalue weighted by atomic mass is 32.2. The minimum absolute atomic E-state index is 0.570. The smallest absolute Gasteiger partial charge is 0.123 e. The first-order valence-electron chi connectivity index (χ1n) is 7.51. The van der Waals surface area contributed by atoms with E-state index < -0.39 is 0 Å². The van der Waals surface area contributed by atoms with Gasteiger partial charge >= 0.3 is 0 Å². The number of para-hydroxylation sites is 2. The lowest BCUT2D eigenvalue weighted by Crippen LogP contribution is -2.05. The van der Waals surface area contributed by atoms with Crippen molar-refractivity contribution in [2.24, 2.45) is 0 Å². The van der Waals surface area contributed by atoms with E-state index in [0.29, 0.717) is 12.1 Å². The molecular weight excluding hydrogens is 318 g/mol. The molecule has 0 aliphatic rings. The Kier molecular flexibility index (Phi) is 4.88. The molecule has 1 heterocycles. The van der Waals surface area contributed by atoms with Crippen LogP contribution in [0.1, 0.15) is 11.1 Å². The fraction of sp³-hybridized carbons (Fsp3) is 0.158. The molecule has 0 saturated carbocycles. The number of pyridine rings is 1. The van der Waals surface area contributed by atoms with E-state index in [1.54, 1.807) is 7.11 Å². The molecule has 5 heteroatoms. The molecular formula is C19H17N3OS. The van der Waals surface area contributed by atoms with Gasteiger partial charge in [0.05, 0.1) is 18.3 Å². The zero-order valence-corrected chi connectivity index (χ0v) is 14.4. The predicted molar refractivity (Wildman–Crippen MR) is 98.6 cm³/mol. The molecule has 2 aromatic carbocycles. The van der Waals surface area contributed by atoms with Crippen molar-refractivity contribution in [1.82, 2.24) is 4.98 Å². The third kappa shape index (κ3) is 3.01. The van der Waals surface area contributed by atoms with Crippen molar-refractivity contribution >= 4 is 28.4 Å². The minimum Gasteiger partial charge on any atom is -0.496 e. The second kappa shape index (κ2) is 7.24. The van der Waals surface area contributed by atoms with E-state index in [4.69, 9.17) is 4.74 Å². The number of nitrogens with one attached hydrogen (secondary N) is 1. The van der Waals surface area contributed by atoms with Crippen LogP contribution in [0.25, 0.3) is 10.9 Å². The van der Waals surface area contributed by atoms with Crippen molar-refractivity contribution < 1.29 is 4.74 Å². The van der Waals surface area contributed by atoms with Crippen LogP contribution in [-0.4, -0.2) is 18.3 Å². The molecule has 120 valence electrons. The zero-order chi connectivity index (χ0) is 16.9. The Morgan fingerprint density at radius 3 is 2.67 bits per heavy atom. The monoisotopic (exact) mass is 335 g/mol. The third-order valence-electron chi connectivity index (χ3n) is 3.81. The normalized spacial score (nSPS) is 10.4. The number of methoxy groups -OCH3 is 1. The lowest BCUT2D eigenvalue weighted by molar-refractivity contribution is 0.410. The molecule has 3 rings (SSSR count). The molecule has 0 unspecified atom stereocenters. The van der Waals surface area contributed by atoms with Crippen molar-refractivity contribution in [2.75, 3.05) is 18.7 Å². The van der Waals surface area contributed by atoms with Crippen LogP contribution in [0.5, 0.6) is 5.75 Å². The second-order valence-corrected chi connectivity index (χ2v) is 5.96. The van der Waals surface area contributed by atoms with E-state index in [9.17, 15) is 5.26 Å². The largest absolute Gasteiger partial charge is 0.496 e.